The van der Waals surface area contributed by atoms with Crippen LogP contribution >= 0.6 is 0 Å². The van der Waals surface area contributed by atoms with Gasteiger partial charge in [0.1, 0.15) is 5.75 Å². The van der Waals surface area contributed by atoms with Crippen LogP contribution in [0.3, 0.4) is 0 Å². The van der Waals surface area contributed by atoms with Crippen molar-refractivity contribution in [3.8, 4) is 22.9 Å². The Balaban J connectivity index is 0.000000172. The third-order valence-corrected chi connectivity index (χ3v) is 6.00. The van der Waals surface area contributed by atoms with E-state index in [-0.39, 0.29) is 0 Å². The van der Waals surface area contributed by atoms with E-state index in [9.17, 15) is 0 Å². The molecule has 1 aliphatic carbocycles. The third-order valence-electron chi connectivity index (χ3n) is 6.00. The van der Waals surface area contributed by atoms with Crippen LogP contribution in [0, 0.1) is 24.2 Å². The van der Waals surface area contributed by atoms with Crippen LogP contribution in [0.15, 0.2) is 72.8 Å². The molecule has 0 heterocycles. The molecule has 1 aliphatic rings. The lowest BCUT2D eigenvalue weighted by Crippen LogP contribution is -2.10. The van der Waals surface area contributed by atoms with Crippen LogP contribution in [-0.4, -0.2) is 7.11 Å². The average molecular weight is 398 g/mol. The van der Waals surface area contributed by atoms with E-state index in [1.807, 2.05) is 48.5 Å². The van der Waals surface area contributed by atoms with Crippen LogP contribution in [0.2, 0.25) is 0 Å². The first-order valence-electron chi connectivity index (χ1n) is 10.8. The maximum absolute atomic E-state index is 8.70. The minimum atomic E-state index is 0.678. The smallest absolute Gasteiger partial charge is 0.118 e. The lowest BCUT2D eigenvalue weighted by molar-refractivity contribution is 0.348. The van der Waals surface area contributed by atoms with Gasteiger partial charge >= 0.3 is 0 Å². The fourth-order valence-electron chi connectivity index (χ4n) is 3.95. The highest BCUT2D eigenvalue weighted by molar-refractivity contribution is 5.64. The zero-order valence-electron chi connectivity index (χ0n) is 18.3. The van der Waals surface area contributed by atoms with E-state index in [4.69, 9.17) is 10.00 Å². The first kappa shape index (κ1) is 21.7. The van der Waals surface area contributed by atoms with Crippen molar-refractivity contribution in [1.82, 2.24) is 0 Å². The Hall–Kier alpha value is -3.05. The number of hydrogen-bond acceptors (Lipinski definition) is 2. The molecule has 0 atom stereocenters. The molecule has 0 spiro atoms. The molecule has 30 heavy (non-hydrogen) atoms. The van der Waals surface area contributed by atoms with Crippen molar-refractivity contribution in [2.45, 2.75) is 45.4 Å². The molecule has 0 aromatic heterocycles. The predicted octanol–water partition coefficient (Wildman–Crippen LogP) is 7.52. The molecule has 154 valence electrons. The summed E-state index contributed by atoms with van der Waals surface area (Å²) in [4.78, 5) is 0. The second-order valence-corrected chi connectivity index (χ2v) is 8.29. The molecule has 0 saturated heterocycles. The zero-order valence-corrected chi connectivity index (χ0v) is 18.3. The van der Waals surface area contributed by atoms with Crippen LogP contribution in [0.4, 0.5) is 0 Å². The maximum atomic E-state index is 8.70. The minimum Gasteiger partial charge on any atom is -0.497 e. The second-order valence-electron chi connectivity index (χ2n) is 8.29. The molecule has 4 rings (SSSR count). The standard InChI is InChI=1S/C14H11NO.C14H20/c1-16-14-8-6-13(7-9-14)12-4-2-11(10-15)3-5-12;1-11-3-7-13(8-4-11)14-9-5-12(2)6-10-14/h2-9H,1H3;3-4,7-8,12,14H,5-6,9-10H2,1-2H3. The molecule has 1 fully saturated rings. The van der Waals surface area contributed by atoms with Crippen LogP contribution in [0.25, 0.3) is 11.1 Å². The highest BCUT2D eigenvalue weighted by Crippen LogP contribution is 2.35. The Morgan fingerprint density at radius 3 is 1.80 bits per heavy atom. The van der Waals surface area contributed by atoms with E-state index in [1.54, 1.807) is 12.7 Å². The Labute approximate surface area is 181 Å². The third kappa shape index (κ3) is 5.97. The molecule has 0 unspecified atom stereocenters. The monoisotopic (exact) mass is 397 g/mol. The number of rotatable bonds is 3. The number of ether oxygens (including phenoxy) is 1. The topological polar surface area (TPSA) is 33.0 Å². The van der Waals surface area contributed by atoms with E-state index < -0.39 is 0 Å². The number of aryl methyl sites for hydroxylation is 1. The average Bonchev–Trinajstić information content (AvgIpc) is 2.81. The summed E-state index contributed by atoms with van der Waals surface area (Å²) in [7, 11) is 1.65. The summed E-state index contributed by atoms with van der Waals surface area (Å²) in [6.07, 6.45) is 5.62. The quantitative estimate of drug-likeness (QED) is 0.458. The number of nitrogens with zero attached hydrogens (tertiary/aromatic N) is 1. The van der Waals surface area contributed by atoms with Gasteiger partial charge in [-0.3, -0.25) is 0 Å². The molecule has 0 N–H and O–H groups in total. The van der Waals surface area contributed by atoms with Gasteiger partial charge in [0.25, 0.3) is 0 Å². The largest absolute Gasteiger partial charge is 0.497 e. The van der Waals surface area contributed by atoms with E-state index in [2.05, 4.69) is 44.2 Å². The van der Waals surface area contributed by atoms with Gasteiger partial charge < -0.3 is 4.74 Å². The molecule has 2 nitrogen and oxygen atoms in total. The van der Waals surface area contributed by atoms with E-state index in [1.165, 1.54) is 31.2 Å². The molecule has 0 aliphatic heterocycles. The predicted molar refractivity (Wildman–Crippen MR) is 125 cm³/mol. The number of methoxy groups -OCH3 is 1. The van der Waals surface area contributed by atoms with Gasteiger partial charge in [0.2, 0.25) is 0 Å². The lowest BCUT2D eigenvalue weighted by Gasteiger charge is -2.26. The van der Waals surface area contributed by atoms with Crippen molar-refractivity contribution in [3.63, 3.8) is 0 Å². The number of benzene rings is 3. The summed E-state index contributed by atoms with van der Waals surface area (Å²) >= 11 is 0. The first-order chi connectivity index (χ1) is 14.6. The zero-order chi connectivity index (χ0) is 21.3. The van der Waals surface area contributed by atoms with Crippen molar-refractivity contribution in [2.75, 3.05) is 7.11 Å². The van der Waals surface area contributed by atoms with Crippen LogP contribution in [-0.2, 0) is 0 Å². The molecule has 3 aromatic carbocycles. The van der Waals surface area contributed by atoms with Crippen molar-refractivity contribution in [2.24, 2.45) is 5.92 Å². The van der Waals surface area contributed by atoms with Crippen molar-refractivity contribution in [3.05, 3.63) is 89.5 Å². The molecule has 0 bridgehead atoms. The van der Waals surface area contributed by atoms with Gasteiger partial charge in [-0.15, -0.1) is 0 Å². The summed E-state index contributed by atoms with van der Waals surface area (Å²) in [5.41, 5.74) is 5.82. The summed E-state index contributed by atoms with van der Waals surface area (Å²) in [6.45, 7) is 4.54. The van der Waals surface area contributed by atoms with Crippen molar-refractivity contribution >= 4 is 0 Å². The van der Waals surface area contributed by atoms with E-state index in [0.717, 1.165) is 28.7 Å². The van der Waals surface area contributed by atoms with Crippen LogP contribution < -0.4 is 4.74 Å². The molecule has 0 amide bonds. The molecule has 1 saturated carbocycles. The maximum Gasteiger partial charge on any atom is 0.118 e. The van der Waals surface area contributed by atoms with Gasteiger partial charge in [-0.1, -0.05) is 73.9 Å². The minimum absolute atomic E-state index is 0.678. The van der Waals surface area contributed by atoms with Gasteiger partial charge in [-0.05, 0) is 72.6 Å². The summed E-state index contributed by atoms with van der Waals surface area (Å²) in [5.74, 6) is 2.64. The highest BCUT2D eigenvalue weighted by Gasteiger charge is 2.19. The number of hydrogen-bond donors (Lipinski definition) is 0. The van der Waals surface area contributed by atoms with E-state index in [0.29, 0.717) is 5.56 Å². The van der Waals surface area contributed by atoms with Crippen molar-refractivity contribution in [1.29, 1.82) is 5.26 Å². The van der Waals surface area contributed by atoms with Gasteiger partial charge in [-0.2, -0.15) is 5.26 Å². The Morgan fingerprint density at radius 2 is 1.30 bits per heavy atom. The van der Waals surface area contributed by atoms with E-state index >= 15 is 0 Å². The van der Waals surface area contributed by atoms with Gasteiger partial charge in [0.15, 0.2) is 0 Å². The van der Waals surface area contributed by atoms with Gasteiger partial charge in [0, 0.05) is 0 Å². The fraction of sp³-hybridized carbons (Fsp3) is 0.321. The Bertz CT molecular complexity index is 942. The lowest BCUT2D eigenvalue weighted by atomic mass is 9.79. The Morgan fingerprint density at radius 1 is 0.767 bits per heavy atom. The SMILES string of the molecule is COc1ccc(-c2ccc(C#N)cc2)cc1.Cc1ccc(C2CCC(C)CC2)cc1. The second kappa shape index (κ2) is 10.6. The summed E-state index contributed by atoms with van der Waals surface area (Å²) in [6, 6.07) is 26.6. The normalized spacial score (nSPS) is 17.9. The summed E-state index contributed by atoms with van der Waals surface area (Å²) < 4.78 is 5.10. The first-order valence-corrected chi connectivity index (χ1v) is 10.8. The van der Waals surface area contributed by atoms with Crippen molar-refractivity contribution < 1.29 is 4.74 Å². The fourth-order valence-corrected chi connectivity index (χ4v) is 3.95. The van der Waals surface area contributed by atoms with Crippen LogP contribution in [0.1, 0.15) is 55.2 Å². The molecule has 0 radical (unpaired) electrons. The summed E-state index contributed by atoms with van der Waals surface area (Å²) in [5, 5.41) is 8.70. The van der Waals surface area contributed by atoms with Gasteiger partial charge in [0.05, 0.1) is 18.7 Å². The van der Waals surface area contributed by atoms with Gasteiger partial charge in [-0.25, -0.2) is 0 Å². The Kier molecular flexibility index (Phi) is 7.69. The molecule has 3 aromatic rings. The number of nitriles is 1. The van der Waals surface area contributed by atoms with Crippen LogP contribution in [0.5, 0.6) is 5.75 Å². The highest BCUT2D eigenvalue weighted by atomic mass is 16.5. The molecular weight excluding hydrogens is 366 g/mol. The molecular formula is C28H31NO. The molecule has 2 heteroatoms.